The van der Waals surface area contributed by atoms with E-state index in [-0.39, 0.29) is 24.6 Å². The molecule has 0 aromatic heterocycles. The van der Waals surface area contributed by atoms with Gasteiger partial charge in [0.2, 0.25) is 0 Å². The summed E-state index contributed by atoms with van der Waals surface area (Å²) in [5, 5.41) is 9.38. The minimum Gasteiger partial charge on any atom is -0.0885 e. The van der Waals surface area contributed by atoms with Crippen LogP contribution in [0.5, 0.6) is 0 Å². The summed E-state index contributed by atoms with van der Waals surface area (Å²) in [6, 6.07) is 2.49. The summed E-state index contributed by atoms with van der Waals surface area (Å²) in [5.41, 5.74) is 0. The molecular weight excluding hydrogens is 796 g/mol. The molecule has 0 aromatic carbocycles. The summed E-state index contributed by atoms with van der Waals surface area (Å²) in [7, 11) is -3.31. The molecule has 1 N–H and O–H groups in total. The van der Waals surface area contributed by atoms with Gasteiger partial charge in [0.25, 0.3) is 0 Å². The first-order chi connectivity index (χ1) is 30.8. The Morgan fingerprint density at radius 1 is 0.476 bits per heavy atom. The van der Waals surface area contributed by atoms with Gasteiger partial charge in [0, 0.05) is 0 Å². The van der Waals surface area contributed by atoms with Crippen molar-refractivity contribution in [3.05, 3.63) is 24.3 Å². The zero-order valence-electron chi connectivity index (χ0n) is 43.3. The summed E-state index contributed by atoms with van der Waals surface area (Å²) < 4.78 is 21.1. The van der Waals surface area contributed by atoms with Gasteiger partial charge in [-0.2, -0.15) is 0 Å². The fourth-order valence-electron chi connectivity index (χ4n) is 8.95. The van der Waals surface area contributed by atoms with E-state index in [1.807, 2.05) is 0 Å². The van der Waals surface area contributed by atoms with Crippen LogP contribution >= 0.6 is 7.87 Å². The molecule has 7 heteroatoms. The molecule has 0 rings (SSSR count). The second-order valence-corrected chi connectivity index (χ2v) is 22.4. The van der Waals surface area contributed by atoms with Gasteiger partial charge in [0.15, 0.2) is 0 Å². The first-order valence-electron chi connectivity index (χ1n) is 27.8. The van der Waals surface area contributed by atoms with E-state index in [0.717, 1.165) is 19.4 Å². The van der Waals surface area contributed by atoms with Gasteiger partial charge in [0.1, 0.15) is 0 Å². The third-order valence-corrected chi connectivity index (χ3v) is 16.1. The molecule has 0 spiro atoms. The van der Waals surface area contributed by atoms with Crippen molar-refractivity contribution in [3.8, 4) is 6.07 Å². The van der Waals surface area contributed by atoms with Gasteiger partial charge >= 0.3 is 211 Å². The summed E-state index contributed by atoms with van der Waals surface area (Å²) in [5.74, 6) is 0. The Bertz CT molecular complexity index is 1010. The van der Waals surface area contributed by atoms with Crippen LogP contribution in [0.1, 0.15) is 279 Å². The van der Waals surface area contributed by atoms with Crippen molar-refractivity contribution < 1.29 is 18.9 Å². The molecule has 0 aliphatic heterocycles. The van der Waals surface area contributed by atoms with Crippen LogP contribution in [0, 0.1) is 11.3 Å². The molecule has 0 aliphatic carbocycles. The minimum atomic E-state index is -3.31. The average molecular weight is 907 g/mol. The number of nitrogens with zero attached hydrogens (tertiary/aromatic N) is 2. The van der Waals surface area contributed by atoms with Crippen LogP contribution in [0.3, 0.4) is 0 Å². The number of rotatable bonds is 51. The topological polar surface area (TPSA) is 75.0 Å². The van der Waals surface area contributed by atoms with Crippen molar-refractivity contribution in [1.29, 1.82) is 5.26 Å². The standard InChI is InChI=1S/C56H111N2O4P/c1-7-9-11-13-15-17-19-21-23-25-27-29-31-33-35-37-39-41-43-45-49-60-52-56(53-62-63(59,51-47-48-57)58(54(3)4)55(5)6)61-50-46-44-42-40-38-36-34-32-30-28-26-24-22-20-18-16-14-12-10-8-2/h21-24,54-56,59,63H,7-20,25-47,49-53H2,1-6H3/b23-21-,24-22-. The van der Waals surface area contributed by atoms with Crippen molar-refractivity contribution in [1.82, 2.24) is 4.67 Å². The molecule has 0 aliphatic rings. The molecule has 0 saturated heterocycles. The Morgan fingerprint density at radius 3 is 1.16 bits per heavy atom. The van der Waals surface area contributed by atoms with E-state index < -0.39 is 7.87 Å². The SMILES string of the molecule is CCCCCCCC/C=C\CCCCCCCCCCCCOCC(CO[PH](O)(CCC#N)N(C(C)C)C(C)C)OCCCCCCCCCCCC/C=C\CCCCCCCC. The van der Waals surface area contributed by atoms with E-state index in [4.69, 9.17) is 14.0 Å². The number of hydrogen-bond donors (Lipinski definition) is 1. The molecule has 0 amide bonds. The van der Waals surface area contributed by atoms with Crippen LogP contribution in [-0.4, -0.2) is 60.3 Å². The third-order valence-electron chi connectivity index (χ3n) is 12.7. The molecule has 0 aromatic rings. The summed E-state index contributed by atoms with van der Waals surface area (Å²) in [6.45, 7) is 15.2. The maximum atomic E-state index is 11.9. The Hall–Kier alpha value is -0.800. The third kappa shape index (κ3) is 42.3. The van der Waals surface area contributed by atoms with E-state index in [1.54, 1.807) is 0 Å². The smallest absolute Gasteiger partial charge is 0.0885 e. The van der Waals surface area contributed by atoms with E-state index in [9.17, 15) is 10.2 Å². The quantitative estimate of drug-likeness (QED) is 0.0372. The summed E-state index contributed by atoms with van der Waals surface area (Å²) >= 11 is 0. The Kier molecular flexibility index (Phi) is 48.5. The van der Waals surface area contributed by atoms with Gasteiger partial charge < -0.3 is 0 Å². The number of nitriles is 1. The van der Waals surface area contributed by atoms with Gasteiger partial charge in [-0.25, -0.2) is 0 Å². The van der Waals surface area contributed by atoms with E-state index in [0.29, 0.717) is 26.0 Å². The average Bonchev–Trinajstić information content (AvgIpc) is 3.26. The van der Waals surface area contributed by atoms with Crippen molar-refractivity contribution >= 4 is 7.87 Å². The van der Waals surface area contributed by atoms with Gasteiger partial charge in [-0.3, -0.25) is 0 Å². The zero-order valence-corrected chi connectivity index (χ0v) is 44.3. The van der Waals surface area contributed by atoms with Crippen molar-refractivity contribution in [3.63, 3.8) is 0 Å². The number of hydrogen-bond acceptors (Lipinski definition) is 6. The predicted octanol–water partition coefficient (Wildman–Crippen LogP) is 18.1. The Morgan fingerprint density at radius 2 is 0.810 bits per heavy atom. The van der Waals surface area contributed by atoms with E-state index >= 15 is 0 Å². The summed E-state index contributed by atoms with van der Waals surface area (Å²) in [4.78, 5) is 11.9. The predicted molar refractivity (Wildman–Crippen MR) is 280 cm³/mol. The van der Waals surface area contributed by atoms with Crippen molar-refractivity contribution in [2.45, 2.75) is 297 Å². The molecular formula is C56H111N2O4P. The normalized spacial score (nSPS) is 13.2. The molecule has 0 fully saturated rings. The minimum absolute atomic E-state index is 0.125. The maximum absolute atomic E-state index is 11.9. The van der Waals surface area contributed by atoms with Crippen LogP contribution in [0.4, 0.5) is 0 Å². The fraction of sp³-hybridized carbons (Fsp3) is 0.911. The molecule has 374 valence electrons. The molecule has 6 nitrogen and oxygen atoms in total. The van der Waals surface area contributed by atoms with Crippen LogP contribution in [-0.2, 0) is 14.0 Å². The van der Waals surface area contributed by atoms with E-state index in [2.05, 4.69) is 76.6 Å². The monoisotopic (exact) mass is 907 g/mol. The van der Waals surface area contributed by atoms with Gasteiger partial charge in [-0.1, -0.05) is 134 Å². The Balaban J connectivity index is 4.31. The number of ether oxygens (including phenoxy) is 2. The zero-order chi connectivity index (χ0) is 46.2. The van der Waals surface area contributed by atoms with E-state index in [1.165, 1.54) is 218 Å². The molecule has 0 heterocycles. The summed E-state index contributed by atoms with van der Waals surface area (Å²) in [6.07, 6.45) is 58.0. The first kappa shape index (κ1) is 62.2. The van der Waals surface area contributed by atoms with Crippen LogP contribution in [0.25, 0.3) is 0 Å². The van der Waals surface area contributed by atoms with Crippen LogP contribution < -0.4 is 0 Å². The number of allylic oxidation sites excluding steroid dienone is 4. The van der Waals surface area contributed by atoms with Gasteiger partial charge in [-0.05, 0) is 51.4 Å². The first-order valence-corrected chi connectivity index (χ1v) is 29.8. The van der Waals surface area contributed by atoms with Gasteiger partial charge in [0.05, 0.1) is 0 Å². The van der Waals surface area contributed by atoms with Gasteiger partial charge in [-0.15, -0.1) is 0 Å². The molecule has 0 bridgehead atoms. The Labute approximate surface area is 395 Å². The van der Waals surface area contributed by atoms with Crippen LogP contribution in [0.15, 0.2) is 24.3 Å². The van der Waals surface area contributed by atoms with Crippen molar-refractivity contribution in [2.24, 2.45) is 0 Å². The molecule has 63 heavy (non-hydrogen) atoms. The molecule has 0 radical (unpaired) electrons. The molecule has 1 atom stereocenters. The molecule has 1 unspecified atom stereocenters. The van der Waals surface area contributed by atoms with Crippen LogP contribution in [0.2, 0.25) is 0 Å². The second kappa shape index (κ2) is 49.1. The number of unbranched alkanes of at least 4 members (excludes halogenated alkanes) is 32. The fourth-order valence-corrected chi connectivity index (χ4v) is 12.0. The second-order valence-electron chi connectivity index (χ2n) is 19.6. The molecule has 0 saturated carbocycles. The van der Waals surface area contributed by atoms with Crippen molar-refractivity contribution in [2.75, 3.05) is 32.6 Å².